The molecule has 0 aliphatic rings. The maximum Gasteiger partial charge on any atom is 0.452 e. The Balaban J connectivity index is 2.81. The van der Waals surface area contributed by atoms with Gasteiger partial charge in [0, 0.05) is 6.07 Å². The molecule has 15 heavy (non-hydrogen) atoms. The quantitative estimate of drug-likeness (QED) is 0.658. The Morgan fingerprint density at radius 3 is 2.60 bits per heavy atom. The monoisotopic (exact) mass is 236 g/mol. The van der Waals surface area contributed by atoms with Crippen molar-refractivity contribution in [1.82, 2.24) is 19.6 Å². The maximum atomic E-state index is 12.4. The van der Waals surface area contributed by atoms with E-state index < -0.39 is 12.0 Å². The van der Waals surface area contributed by atoms with E-state index in [1.807, 2.05) is 0 Å². The van der Waals surface area contributed by atoms with Crippen LogP contribution in [0.15, 0.2) is 6.07 Å². The third-order valence-corrected chi connectivity index (χ3v) is 1.98. The molecule has 0 aliphatic heterocycles. The first-order valence-electron chi connectivity index (χ1n) is 3.85. The zero-order valence-corrected chi connectivity index (χ0v) is 8.13. The summed E-state index contributed by atoms with van der Waals surface area (Å²) in [6, 6.07) is 1.22. The molecule has 0 aromatic carbocycles. The molecule has 2 aromatic heterocycles. The molecule has 0 radical (unpaired) electrons. The number of fused-ring (bicyclic) bond motifs is 1. The normalized spacial score (nSPS) is 12.3. The van der Waals surface area contributed by atoms with Gasteiger partial charge in [0.1, 0.15) is 11.0 Å². The number of hydrogen-bond acceptors (Lipinski definition) is 3. The van der Waals surface area contributed by atoms with Crippen LogP contribution in [-0.2, 0) is 6.18 Å². The molecule has 0 atom stereocenters. The summed E-state index contributed by atoms with van der Waals surface area (Å²) in [5.74, 6) is -1.01. The number of aromatic nitrogens is 4. The van der Waals surface area contributed by atoms with Crippen LogP contribution in [0.25, 0.3) is 5.65 Å². The number of nitrogens with zero attached hydrogens (tertiary/aromatic N) is 4. The highest BCUT2D eigenvalue weighted by molar-refractivity contribution is 6.29. The number of halogens is 4. The number of hydrogen-bond donors (Lipinski definition) is 0. The zero-order valence-electron chi connectivity index (χ0n) is 7.38. The second kappa shape index (κ2) is 3.06. The molecule has 2 aromatic rings. The van der Waals surface area contributed by atoms with E-state index >= 15 is 0 Å². The molecule has 8 heteroatoms. The molecule has 0 unspecified atom stereocenters. The van der Waals surface area contributed by atoms with Gasteiger partial charge in [0.25, 0.3) is 0 Å². The van der Waals surface area contributed by atoms with Crippen molar-refractivity contribution >= 4 is 17.2 Å². The molecule has 2 heterocycles. The Morgan fingerprint density at radius 1 is 1.33 bits per heavy atom. The first-order valence-corrected chi connectivity index (χ1v) is 4.23. The van der Waals surface area contributed by atoms with Crippen LogP contribution in [0.4, 0.5) is 13.2 Å². The maximum absolute atomic E-state index is 12.4. The molecule has 4 nitrogen and oxygen atoms in total. The topological polar surface area (TPSA) is 43.1 Å². The van der Waals surface area contributed by atoms with Crippen molar-refractivity contribution in [1.29, 1.82) is 0 Å². The summed E-state index contributed by atoms with van der Waals surface area (Å²) in [5, 5.41) is 6.52. The summed E-state index contributed by atoms with van der Waals surface area (Å²) in [6.07, 6.45) is -4.56. The summed E-state index contributed by atoms with van der Waals surface area (Å²) < 4.78 is 38.2. The van der Waals surface area contributed by atoms with Crippen molar-refractivity contribution in [2.45, 2.75) is 13.1 Å². The van der Waals surface area contributed by atoms with Gasteiger partial charge in [0.15, 0.2) is 5.65 Å². The molecular weight excluding hydrogens is 233 g/mol. The van der Waals surface area contributed by atoms with E-state index in [9.17, 15) is 13.2 Å². The molecular formula is C7H4ClF3N4. The van der Waals surface area contributed by atoms with Crippen molar-refractivity contribution in [2.24, 2.45) is 0 Å². The lowest BCUT2D eigenvalue weighted by atomic mass is 10.5. The average molecular weight is 237 g/mol. The number of alkyl halides is 3. The van der Waals surface area contributed by atoms with Crippen LogP contribution in [-0.4, -0.2) is 19.6 Å². The van der Waals surface area contributed by atoms with Gasteiger partial charge in [-0.15, -0.1) is 10.2 Å². The highest BCUT2D eigenvalue weighted by Crippen LogP contribution is 2.28. The number of rotatable bonds is 0. The van der Waals surface area contributed by atoms with E-state index in [0.29, 0.717) is 0 Å². The molecule has 0 fully saturated rings. The predicted octanol–water partition coefficient (Wildman–Crippen LogP) is 2.10. The van der Waals surface area contributed by atoms with Crippen LogP contribution >= 0.6 is 11.6 Å². The lowest BCUT2D eigenvalue weighted by molar-refractivity contribution is -0.145. The average Bonchev–Trinajstić information content (AvgIpc) is 2.45. The summed E-state index contributed by atoms with van der Waals surface area (Å²) in [5.41, 5.74) is 0.0276. The van der Waals surface area contributed by atoms with Gasteiger partial charge >= 0.3 is 6.18 Å². The minimum absolute atomic E-state index is 0.0276. The van der Waals surface area contributed by atoms with E-state index in [2.05, 4.69) is 15.2 Å². The number of aryl methyl sites for hydroxylation is 1. The fourth-order valence-corrected chi connectivity index (χ4v) is 1.46. The van der Waals surface area contributed by atoms with Crippen LogP contribution in [0.2, 0.25) is 5.15 Å². The van der Waals surface area contributed by atoms with Crippen molar-refractivity contribution in [2.75, 3.05) is 0 Å². The zero-order chi connectivity index (χ0) is 11.2. The Hall–Kier alpha value is -1.37. The summed E-state index contributed by atoms with van der Waals surface area (Å²) in [4.78, 5) is 3.70. The Bertz CT molecular complexity index is 519. The molecule has 2 rings (SSSR count). The first kappa shape index (κ1) is 10.2. The van der Waals surface area contributed by atoms with E-state index in [1.54, 1.807) is 0 Å². The summed E-state index contributed by atoms with van der Waals surface area (Å²) >= 11 is 5.57. The largest absolute Gasteiger partial charge is 0.452 e. The fourth-order valence-electron chi connectivity index (χ4n) is 1.24. The van der Waals surface area contributed by atoms with Gasteiger partial charge in [-0.3, -0.25) is 4.40 Å². The van der Waals surface area contributed by atoms with Gasteiger partial charge in [-0.25, -0.2) is 4.98 Å². The van der Waals surface area contributed by atoms with E-state index in [4.69, 9.17) is 11.6 Å². The third kappa shape index (κ3) is 1.63. The van der Waals surface area contributed by atoms with Gasteiger partial charge in [-0.1, -0.05) is 11.6 Å². The molecule has 0 saturated heterocycles. The van der Waals surface area contributed by atoms with E-state index in [1.165, 1.54) is 13.0 Å². The van der Waals surface area contributed by atoms with Crippen LogP contribution < -0.4 is 0 Å². The van der Waals surface area contributed by atoms with Crippen LogP contribution in [0.1, 0.15) is 11.6 Å². The van der Waals surface area contributed by atoms with E-state index in [-0.39, 0.29) is 16.6 Å². The third-order valence-electron chi connectivity index (χ3n) is 1.78. The van der Waals surface area contributed by atoms with Crippen LogP contribution in [0.3, 0.4) is 0 Å². The highest BCUT2D eigenvalue weighted by atomic mass is 35.5. The Kier molecular flexibility index (Phi) is 2.07. The van der Waals surface area contributed by atoms with Gasteiger partial charge in [0.2, 0.25) is 5.82 Å². The lowest BCUT2D eigenvalue weighted by Gasteiger charge is -2.05. The molecule has 0 saturated carbocycles. The summed E-state index contributed by atoms with van der Waals surface area (Å²) in [7, 11) is 0. The molecule has 0 spiro atoms. The minimum Gasteiger partial charge on any atom is -0.259 e. The SMILES string of the molecule is Cc1nc(Cl)cc2nnc(C(F)(F)F)n12. The van der Waals surface area contributed by atoms with Crippen LogP contribution in [0.5, 0.6) is 0 Å². The van der Waals surface area contributed by atoms with Crippen molar-refractivity contribution in [3.63, 3.8) is 0 Å². The standard InChI is InChI=1S/C7H4ClF3N4/c1-3-12-4(8)2-5-13-14-6(15(3)5)7(9,10)11/h2H,1H3. The van der Waals surface area contributed by atoms with Gasteiger partial charge in [0.05, 0.1) is 0 Å². The fraction of sp³-hybridized carbons (Fsp3) is 0.286. The second-order valence-electron chi connectivity index (χ2n) is 2.84. The van der Waals surface area contributed by atoms with Crippen molar-refractivity contribution in [3.05, 3.63) is 22.9 Å². The second-order valence-corrected chi connectivity index (χ2v) is 3.23. The summed E-state index contributed by atoms with van der Waals surface area (Å²) in [6.45, 7) is 1.40. The highest BCUT2D eigenvalue weighted by Gasteiger charge is 2.37. The lowest BCUT2D eigenvalue weighted by Crippen LogP contribution is -2.12. The van der Waals surface area contributed by atoms with Crippen molar-refractivity contribution in [3.8, 4) is 0 Å². The first-order chi connectivity index (χ1) is 6.89. The van der Waals surface area contributed by atoms with Crippen LogP contribution in [0, 0.1) is 6.92 Å². The molecule has 80 valence electrons. The predicted molar refractivity (Wildman–Crippen MR) is 45.5 cm³/mol. The molecule has 0 aliphatic carbocycles. The van der Waals surface area contributed by atoms with Gasteiger partial charge < -0.3 is 0 Å². The molecule has 0 bridgehead atoms. The van der Waals surface area contributed by atoms with E-state index in [0.717, 1.165) is 4.40 Å². The van der Waals surface area contributed by atoms with Gasteiger partial charge in [-0.2, -0.15) is 13.2 Å². The molecule has 0 N–H and O–H groups in total. The Labute approximate surface area is 86.7 Å². The van der Waals surface area contributed by atoms with Crippen molar-refractivity contribution < 1.29 is 13.2 Å². The minimum atomic E-state index is -4.56. The molecule has 0 amide bonds. The van der Waals surface area contributed by atoms with Gasteiger partial charge in [-0.05, 0) is 6.92 Å². The smallest absolute Gasteiger partial charge is 0.259 e. The Morgan fingerprint density at radius 2 is 2.00 bits per heavy atom.